The summed E-state index contributed by atoms with van der Waals surface area (Å²) in [6, 6.07) is 10.5. The molecule has 2 unspecified atom stereocenters. The minimum atomic E-state index is -1.78. The molecule has 3 N–H and O–H groups in total. The van der Waals surface area contributed by atoms with Gasteiger partial charge in [-0.25, -0.2) is 4.79 Å². The summed E-state index contributed by atoms with van der Waals surface area (Å²) in [5.74, 6) is -1.40. The Balaban J connectivity index is 1.99. The Bertz CT molecular complexity index is 847. The molecule has 0 aliphatic carbocycles. The maximum Gasteiger partial charge on any atom is 0.475 e. The van der Waals surface area contributed by atoms with Gasteiger partial charge in [-0.3, -0.25) is 4.79 Å². The van der Waals surface area contributed by atoms with Crippen molar-refractivity contribution >= 4 is 19.1 Å². The average Bonchev–Trinajstić information content (AvgIpc) is 2.75. The molecule has 2 amide bonds. The van der Waals surface area contributed by atoms with E-state index in [-0.39, 0.29) is 37.2 Å². The number of carbonyl (C=O) groups excluding carboxylic acids is 2. The van der Waals surface area contributed by atoms with Crippen molar-refractivity contribution < 1.29 is 29.1 Å². The molecule has 1 aliphatic rings. The first-order chi connectivity index (χ1) is 15.1. The Labute approximate surface area is 188 Å². The molecule has 1 aromatic carbocycles. The van der Waals surface area contributed by atoms with Gasteiger partial charge in [0, 0.05) is 6.54 Å². The first-order valence-electron chi connectivity index (χ1n) is 10.5. The third-order valence-corrected chi connectivity index (χ3v) is 4.78. The van der Waals surface area contributed by atoms with Crippen LogP contribution in [0.2, 0.25) is 0 Å². The number of benzene rings is 1. The summed E-state index contributed by atoms with van der Waals surface area (Å²) in [7, 11) is -1.78. The molecule has 2 rings (SSSR count). The Hall–Kier alpha value is -2.87. The van der Waals surface area contributed by atoms with E-state index in [1.807, 2.05) is 57.2 Å². The zero-order valence-corrected chi connectivity index (χ0v) is 18.7. The van der Waals surface area contributed by atoms with Crippen LogP contribution in [-0.4, -0.2) is 72.4 Å². The summed E-state index contributed by atoms with van der Waals surface area (Å²) in [5.41, 5.74) is 0.496. The van der Waals surface area contributed by atoms with Crippen molar-refractivity contribution in [3.63, 3.8) is 0 Å². The van der Waals surface area contributed by atoms with Crippen molar-refractivity contribution in [2.45, 2.75) is 39.2 Å². The summed E-state index contributed by atoms with van der Waals surface area (Å²) in [6.45, 7) is 6.26. The van der Waals surface area contributed by atoms with Crippen LogP contribution < -0.4 is 5.32 Å². The number of allylic oxidation sites excluding steroid dienone is 1. The van der Waals surface area contributed by atoms with Crippen molar-refractivity contribution in [3.05, 3.63) is 47.5 Å². The van der Waals surface area contributed by atoms with Gasteiger partial charge in [0.1, 0.15) is 18.2 Å². The zero-order chi connectivity index (χ0) is 23.7. The Morgan fingerprint density at radius 2 is 2.06 bits per heavy atom. The molecule has 1 saturated heterocycles. The van der Waals surface area contributed by atoms with Crippen LogP contribution >= 0.6 is 0 Å². The van der Waals surface area contributed by atoms with E-state index in [1.54, 1.807) is 6.08 Å². The fourth-order valence-corrected chi connectivity index (χ4v) is 3.25. The highest BCUT2D eigenvalue weighted by Crippen LogP contribution is 2.20. The van der Waals surface area contributed by atoms with E-state index in [4.69, 9.17) is 9.47 Å². The first-order valence-corrected chi connectivity index (χ1v) is 10.5. The third kappa shape index (κ3) is 8.00. The SMILES string of the molecule is CC(C)(C)C=C(C#N)C(=O)N1CCOCC1COC(=O)NC(Cc1ccccc1)B(O)O. The van der Waals surface area contributed by atoms with Gasteiger partial charge >= 0.3 is 13.2 Å². The van der Waals surface area contributed by atoms with Crippen molar-refractivity contribution in [2.24, 2.45) is 5.41 Å². The van der Waals surface area contributed by atoms with Crippen LogP contribution in [0.25, 0.3) is 0 Å². The lowest BCUT2D eigenvalue weighted by atomic mass is 9.76. The standard InChI is InChI=1S/C22H30BN3O6/c1-22(2,3)12-17(13-24)20(27)26-9-10-31-14-18(26)15-32-21(28)25-19(23(29)30)11-16-7-5-4-6-8-16/h4-8,12,18-19,29-30H,9-11,14-15H2,1-3H3,(H,25,28). The highest BCUT2D eigenvalue weighted by molar-refractivity contribution is 6.43. The van der Waals surface area contributed by atoms with Crippen molar-refractivity contribution in [2.75, 3.05) is 26.4 Å². The fraction of sp³-hybridized carbons (Fsp3) is 0.500. The van der Waals surface area contributed by atoms with Gasteiger partial charge < -0.3 is 29.7 Å². The second kappa shape index (κ2) is 11.7. The lowest BCUT2D eigenvalue weighted by molar-refractivity contribution is -0.137. The number of ether oxygens (including phenoxy) is 2. The molecule has 0 spiro atoms. The fourth-order valence-electron chi connectivity index (χ4n) is 3.25. The average molecular weight is 443 g/mol. The summed E-state index contributed by atoms with van der Waals surface area (Å²) >= 11 is 0. The molecular weight excluding hydrogens is 413 g/mol. The quantitative estimate of drug-likeness (QED) is 0.326. The molecule has 0 bridgehead atoms. The topological polar surface area (TPSA) is 132 Å². The number of carbonyl (C=O) groups is 2. The smallest absolute Gasteiger partial charge is 0.447 e. The number of alkyl carbamates (subject to hydrolysis) is 1. The van der Waals surface area contributed by atoms with Gasteiger partial charge in [-0.05, 0) is 17.4 Å². The number of hydrogen-bond donors (Lipinski definition) is 3. The predicted molar refractivity (Wildman–Crippen MR) is 118 cm³/mol. The van der Waals surface area contributed by atoms with Crippen LogP contribution in [0.1, 0.15) is 26.3 Å². The molecule has 1 heterocycles. The van der Waals surface area contributed by atoms with Gasteiger partial charge in [0.15, 0.2) is 0 Å². The van der Waals surface area contributed by atoms with E-state index < -0.39 is 31.1 Å². The molecule has 32 heavy (non-hydrogen) atoms. The lowest BCUT2D eigenvalue weighted by Gasteiger charge is -2.35. The third-order valence-electron chi connectivity index (χ3n) is 4.78. The van der Waals surface area contributed by atoms with Gasteiger partial charge in [0.2, 0.25) is 0 Å². The Kier molecular flexibility index (Phi) is 9.26. The maximum atomic E-state index is 12.9. The van der Waals surface area contributed by atoms with Crippen molar-refractivity contribution in [1.29, 1.82) is 5.26 Å². The number of amides is 2. The molecule has 0 radical (unpaired) electrons. The largest absolute Gasteiger partial charge is 0.475 e. The molecule has 9 nitrogen and oxygen atoms in total. The summed E-state index contributed by atoms with van der Waals surface area (Å²) < 4.78 is 10.7. The lowest BCUT2D eigenvalue weighted by Crippen LogP contribution is -2.53. The van der Waals surface area contributed by atoms with E-state index in [1.165, 1.54) is 4.90 Å². The van der Waals surface area contributed by atoms with Gasteiger partial charge in [-0.2, -0.15) is 5.26 Å². The minimum Gasteiger partial charge on any atom is -0.447 e. The van der Waals surface area contributed by atoms with Crippen LogP contribution in [0.15, 0.2) is 42.0 Å². The highest BCUT2D eigenvalue weighted by atomic mass is 16.6. The van der Waals surface area contributed by atoms with Gasteiger partial charge in [0.05, 0.1) is 25.2 Å². The van der Waals surface area contributed by atoms with Gasteiger partial charge in [0.25, 0.3) is 5.91 Å². The Morgan fingerprint density at radius 3 is 2.66 bits per heavy atom. The predicted octanol–water partition coefficient (Wildman–Crippen LogP) is 1.06. The van der Waals surface area contributed by atoms with E-state index >= 15 is 0 Å². The number of morpholine rings is 1. The first kappa shape index (κ1) is 25.4. The number of nitrogens with zero attached hydrogens (tertiary/aromatic N) is 2. The Morgan fingerprint density at radius 1 is 1.38 bits per heavy atom. The molecule has 2 atom stereocenters. The second-order valence-electron chi connectivity index (χ2n) is 8.72. The summed E-state index contributed by atoms with van der Waals surface area (Å²) in [4.78, 5) is 26.6. The van der Waals surface area contributed by atoms with Crippen LogP contribution in [0.3, 0.4) is 0 Å². The minimum absolute atomic E-state index is 0.0279. The zero-order valence-electron chi connectivity index (χ0n) is 18.7. The molecule has 1 aliphatic heterocycles. The summed E-state index contributed by atoms with van der Waals surface area (Å²) in [5, 5.41) is 31.1. The van der Waals surface area contributed by atoms with Crippen LogP contribution in [0.4, 0.5) is 4.79 Å². The van der Waals surface area contributed by atoms with E-state index in [0.29, 0.717) is 6.61 Å². The van der Waals surface area contributed by atoms with Crippen molar-refractivity contribution in [1.82, 2.24) is 10.2 Å². The summed E-state index contributed by atoms with van der Waals surface area (Å²) in [6.07, 6.45) is 0.975. The molecule has 172 valence electrons. The van der Waals surface area contributed by atoms with E-state index in [2.05, 4.69) is 5.32 Å². The van der Waals surface area contributed by atoms with Gasteiger partial charge in [-0.1, -0.05) is 57.2 Å². The van der Waals surface area contributed by atoms with Crippen LogP contribution in [0, 0.1) is 16.7 Å². The van der Waals surface area contributed by atoms with Gasteiger partial charge in [-0.15, -0.1) is 0 Å². The molecule has 1 aromatic rings. The molecule has 0 aromatic heterocycles. The highest BCUT2D eigenvalue weighted by Gasteiger charge is 2.32. The van der Waals surface area contributed by atoms with E-state index in [0.717, 1.165) is 5.56 Å². The number of nitrogens with one attached hydrogen (secondary N) is 1. The monoisotopic (exact) mass is 443 g/mol. The molecule has 10 heteroatoms. The van der Waals surface area contributed by atoms with Crippen molar-refractivity contribution in [3.8, 4) is 6.07 Å². The number of hydrogen-bond acceptors (Lipinski definition) is 7. The van der Waals surface area contributed by atoms with Crippen LogP contribution in [0.5, 0.6) is 0 Å². The van der Waals surface area contributed by atoms with E-state index in [9.17, 15) is 24.9 Å². The number of nitriles is 1. The maximum absolute atomic E-state index is 12.9. The number of rotatable bonds is 7. The van der Waals surface area contributed by atoms with Crippen LogP contribution in [-0.2, 0) is 20.7 Å². The molecule has 1 fully saturated rings. The molecular formula is C22H30BN3O6. The normalized spacial score (nSPS) is 17.8. The second-order valence-corrected chi connectivity index (χ2v) is 8.72. The molecule has 0 saturated carbocycles.